The molecule has 0 aliphatic heterocycles. The first-order valence-corrected chi connectivity index (χ1v) is 15.2. The van der Waals surface area contributed by atoms with E-state index in [1.807, 2.05) is 10.8 Å². The number of nitrogens with one attached hydrogen (secondary N) is 4. The second-order valence-corrected chi connectivity index (χ2v) is 11.4. The number of hydrogen-bond acceptors (Lipinski definition) is 9. The summed E-state index contributed by atoms with van der Waals surface area (Å²) < 4.78 is 5.42. The standard InChI is InChI=1S/C32H26N6O5S2/c1-19(21-7-3-9-23(17-21)33-31(41)27-11-5-15-44-27)35-37-29(39)25-13-14-26(43-25)30(40)38-36-20(2)22-8-4-10-24(18-22)34-32(42)28-12-6-16-45-28/h3-18H,1-2H3,(H,33,41)(H,34,42)(H,37,39)(H,38,40)/b35-19+,36-20+. The lowest BCUT2D eigenvalue weighted by Gasteiger charge is -2.07. The van der Waals surface area contributed by atoms with Crippen LogP contribution in [0, 0.1) is 0 Å². The molecule has 0 aliphatic rings. The third-order valence-electron chi connectivity index (χ3n) is 6.27. The van der Waals surface area contributed by atoms with Crippen molar-refractivity contribution in [1.29, 1.82) is 0 Å². The Bertz CT molecular complexity index is 1770. The summed E-state index contributed by atoms with van der Waals surface area (Å²) in [5, 5.41) is 17.6. The van der Waals surface area contributed by atoms with E-state index in [1.165, 1.54) is 34.8 Å². The van der Waals surface area contributed by atoms with Crippen molar-refractivity contribution in [2.45, 2.75) is 13.8 Å². The number of carbonyl (C=O) groups is 4. The first-order valence-electron chi connectivity index (χ1n) is 13.5. The molecular weight excluding hydrogens is 613 g/mol. The maximum Gasteiger partial charge on any atom is 0.307 e. The van der Waals surface area contributed by atoms with Gasteiger partial charge in [-0.2, -0.15) is 10.2 Å². The van der Waals surface area contributed by atoms with E-state index in [0.717, 1.165) is 0 Å². The fourth-order valence-electron chi connectivity index (χ4n) is 3.94. The molecule has 4 amide bonds. The van der Waals surface area contributed by atoms with Gasteiger partial charge in [0.25, 0.3) is 11.8 Å². The molecule has 0 atom stereocenters. The quantitative estimate of drug-likeness (QED) is 0.106. The zero-order valence-electron chi connectivity index (χ0n) is 24.0. The molecule has 45 heavy (non-hydrogen) atoms. The SMILES string of the molecule is C/C(=N\NC(=O)c1ccc(C(=O)N/N=C(\C)c2cccc(NC(=O)c3cccs3)c2)o1)c1cccc(NC(=O)c2cccs2)c1. The predicted molar refractivity (Wildman–Crippen MR) is 175 cm³/mol. The van der Waals surface area contributed by atoms with E-state index in [-0.39, 0.29) is 23.3 Å². The fourth-order valence-corrected chi connectivity index (χ4v) is 5.17. The van der Waals surface area contributed by atoms with Gasteiger partial charge >= 0.3 is 11.8 Å². The summed E-state index contributed by atoms with van der Waals surface area (Å²) in [6, 6.07) is 23.9. The topological polar surface area (TPSA) is 154 Å². The second-order valence-electron chi connectivity index (χ2n) is 9.46. The van der Waals surface area contributed by atoms with E-state index in [4.69, 9.17) is 4.42 Å². The van der Waals surface area contributed by atoms with Gasteiger partial charge in [0.15, 0.2) is 11.5 Å². The Morgan fingerprint density at radius 3 is 1.42 bits per heavy atom. The molecule has 0 aliphatic carbocycles. The Kier molecular flexibility index (Phi) is 9.72. The minimum absolute atomic E-state index is 0.122. The van der Waals surface area contributed by atoms with Crippen molar-refractivity contribution in [2.24, 2.45) is 10.2 Å². The average Bonchev–Trinajstić information content (AvgIpc) is 3.86. The minimum atomic E-state index is -0.656. The molecule has 0 saturated carbocycles. The monoisotopic (exact) mass is 638 g/mol. The van der Waals surface area contributed by atoms with Gasteiger partial charge in [0.05, 0.1) is 21.2 Å². The van der Waals surface area contributed by atoms with Crippen molar-refractivity contribution in [3.05, 3.63) is 128 Å². The van der Waals surface area contributed by atoms with Crippen LogP contribution in [0.5, 0.6) is 0 Å². The van der Waals surface area contributed by atoms with Crippen LogP contribution >= 0.6 is 22.7 Å². The maximum absolute atomic E-state index is 12.6. The number of nitrogens with zero attached hydrogens (tertiary/aromatic N) is 2. The smallest absolute Gasteiger partial charge is 0.307 e. The van der Waals surface area contributed by atoms with Crippen LogP contribution in [-0.4, -0.2) is 35.1 Å². The highest BCUT2D eigenvalue weighted by atomic mass is 32.1. The first-order chi connectivity index (χ1) is 21.8. The number of hydrogen-bond donors (Lipinski definition) is 4. The molecule has 0 spiro atoms. The van der Waals surface area contributed by atoms with E-state index in [9.17, 15) is 19.2 Å². The van der Waals surface area contributed by atoms with E-state index in [1.54, 1.807) is 86.6 Å². The highest BCUT2D eigenvalue weighted by Crippen LogP contribution is 2.17. The molecule has 3 heterocycles. The second kappa shape index (κ2) is 14.2. The molecule has 226 valence electrons. The van der Waals surface area contributed by atoms with E-state index in [0.29, 0.717) is 43.7 Å². The van der Waals surface area contributed by atoms with Crippen LogP contribution < -0.4 is 21.5 Å². The zero-order chi connectivity index (χ0) is 31.8. The van der Waals surface area contributed by atoms with Crippen LogP contribution in [0.25, 0.3) is 0 Å². The van der Waals surface area contributed by atoms with Gasteiger partial charge in [0.2, 0.25) is 0 Å². The molecule has 0 radical (unpaired) electrons. The number of amides is 4. The Balaban J connectivity index is 1.16. The molecule has 0 fully saturated rings. The van der Waals surface area contributed by atoms with Gasteiger partial charge in [-0.1, -0.05) is 36.4 Å². The van der Waals surface area contributed by atoms with Gasteiger partial charge in [-0.15, -0.1) is 22.7 Å². The highest BCUT2D eigenvalue weighted by Gasteiger charge is 2.16. The highest BCUT2D eigenvalue weighted by molar-refractivity contribution is 7.12. The Hall–Kier alpha value is -5.66. The van der Waals surface area contributed by atoms with Gasteiger partial charge in [-0.05, 0) is 84.3 Å². The molecule has 4 N–H and O–H groups in total. The first kappa shape index (κ1) is 30.8. The third kappa shape index (κ3) is 8.04. The third-order valence-corrected chi connectivity index (χ3v) is 8.01. The summed E-state index contributed by atoms with van der Waals surface area (Å²) in [4.78, 5) is 51.2. The van der Waals surface area contributed by atoms with Crippen LogP contribution in [0.2, 0.25) is 0 Å². The molecule has 13 heteroatoms. The molecule has 2 aromatic carbocycles. The zero-order valence-corrected chi connectivity index (χ0v) is 25.6. The summed E-state index contributed by atoms with van der Waals surface area (Å²) >= 11 is 2.69. The van der Waals surface area contributed by atoms with Crippen LogP contribution in [0.15, 0.2) is 110 Å². The summed E-state index contributed by atoms with van der Waals surface area (Å²) in [7, 11) is 0. The van der Waals surface area contributed by atoms with Gasteiger partial charge in [-0.3, -0.25) is 19.2 Å². The lowest BCUT2D eigenvalue weighted by atomic mass is 10.1. The van der Waals surface area contributed by atoms with Gasteiger partial charge < -0.3 is 15.1 Å². The van der Waals surface area contributed by atoms with E-state index < -0.39 is 11.8 Å². The van der Waals surface area contributed by atoms with Crippen molar-refractivity contribution < 1.29 is 23.6 Å². The van der Waals surface area contributed by atoms with Crippen LogP contribution in [0.3, 0.4) is 0 Å². The summed E-state index contributed by atoms with van der Waals surface area (Å²) in [5.74, 6) is -1.98. The largest absolute Gasteiger partial charge is 0.446 e. The van der Waals surface area contributed by atoms with Crippen LogP contribution in [0.1, 0.15) is 65.4 Å². The number of furan rings is 1. The van der Waals surface area contributed by atoms with Crippen molar-refractivity contribution in [2.75, 3.05) is 10.6 Å². The number of thiophene rings is 2. The van der Waals surface area contributed by atoms with E-state index >= 15 is 0 Å². The van der Waals surface area contributed by atoms with E-state index in [2.05, 4.69) is 31.7 Å². The molecule has 5 rings (SSSR count). The summed E-state index contributed by atoms with van der Waals surface area (Å²) in [5.41, 5.74) is 8.33. The average molecular weight is 639 g/mol. The normalized spacial score (nSPS) is 11.5. The molecular formula is C32H26N6O5S2. The summed E-state index contributed by atoms with van der Waals surface area (Å²) in [6.45, 7) is 3.41. The van der Waals surface area contributed by atoms with Gasteiger partial charge in [-0.25, -0.2) is 10.9 Å². The summed E-state index contributed by atoms with van der Waals surface area (Å²) in [6.07, 6.45) is 0. The van der Waals surface area contributed by atoms with Crippen molar-refractivity contribution >= 4 is 69.1 Å². The van der Waals surface area contributed by atoms with Crippen LogP contribution in [-0.2, 0) is 0 Å². The Morgan fingerprint density at radius 2 is 1.02 bits per heavy atom. The lowest BCUT2D eigenvalue weighted by molar-refractivity contribution is 0.0900. The Morgan fingerprint density at radius 1 is 0.578 bits per heavy atom. The van der Waals surface area contributed by atoms with Gasteiger partial charge in [0, 0.05) is 11.4 Å². The van der Waals surface area contributed by atoms with Crippen LogP contribution in [0.4, 0.5) is 11.4 Å². The molecule has 0 unspecified atom stereocenters. The predicted octanol–water partition coefficient (Wildman–Crippen LogP) is 6.22. The number of carbonyl (C=O) groups excluding carboxylic acids is 4. The molecule has 3 aromatic heterocycles. The van der Waals surface area contributed by atoms with Crippen molar-refractivity contribution in [3.8, 4) is 0 Å². The molecule has 5 aromatic rings. The number of hydrazone groups is 2. The number of anilines is 2. The minimum Gasteiger partial charge on any atom is -0.446 e. The number of rotatable bonds is 10. The molecule has 11 nitrogen and oxygen atoms in total. The Labute approximate surface area is 265 Å². The number of benzene rings is 2. The maximum atomic E-state index is 12.6. The lowest BCUT2D eigenvalue weighted by Crippen LogP contribution is -2.20. The molecule has 0 bridgehead atoms. The van der Waals surface area contributed by atoms with Crippen molar-refractivity contribution in [1.82, 2.24) is 10.9 Å². The van der Waals surface area contributed by atoms with Crippen molar-refractivity contribution in [3.63, 3.8) is 0 Å². The van der Waals surface area contributed by atoms with Gasteiger partial charge in [0.1, 0.15) is 0 Å². The molecule has 0 saturated heterocycles. The fraction of sp³-hybridized carbons (Fsp3) is 0.0625.